The molecule has 0 fully saturated rings. The van der Waals surface area contributed by atoms with Crippen LogP contribution >= 0.6 is 0 Å². The first-order valence-electron chi connectivity index (χ1n) is 19.8. The summed E-state index contributed by atoms with van der Waals surface area (Å²) in [5, 5.41) is 0. The Kier molecular flexibility index (Phi) is 15.3. The molecule has 3 nitrogen and oxygen atoms in total. The summed E-state index contributed by atoms with van der Waals surface area (Å²) in [6.07, 6.45) is -47.5. The highest BCUT2D eigenvalue weighted by molar-refractivity contribution is 7.20. The van der Waals surface area contributed by atoms with Gasteiger partial charge in [-0.05, 0) is 37.3 Å². The topological polar surface area (TPSA) is 33.8 Å². The van der Waals surface area contributed by atoms with E-state index >= 15 is 0 Å². The first-order valence-corrected chi connectivity index (χ1v) is 19.8. The Morgan fingerprint density at radius 2 is 0.644 bits per heavy atom. The molecule has 392 valence electrons. The molecule has 5 aromatic carbocycles. The van der Waals surface area contributed by atoms with Gasteiger partial charge in [0.2, 0.25) is 0 Å². The van der Waals surface area contributed by atoms with Crippen molar-refractivity contribution >= 4 is 33.8 Å². The van der Waals surface area contributed by atoms with Gasteiger partial charge in [0.05, 0.1) is 56.9 Å². The maximum absolute atomic E-state index is 14.2. The van der Waals surface area contributed by atoms with Gasteiger partial charge in [0.15, 0.2) is 24.7 Å². The maximum atomic E-state index is 14.2. The summed E-state index contributed by atoms with van der Waals surface area (Å²) in [4.78, 5) is 15.2. The molecular formula is C45H25BF24N2O. The Hall–Kier alpha value is -6.77. The fourth-order valence-corrected chi connectivity index (χ4v) is 7.62. The minimum absolute atomic E-state index is 0.0987. The number of aromatic nitrogens is 2. The smallest absolute Gasteiger partial charge is 0.295 e. The van der Waals surface area contributed by atoms with Gasteiger partial charge in [0, 0.05) is 11.1 Å². The standard InChI is InChI=1S/C32H12BF24.C13H13N2O/c34-25(35,36)13-1-14(26(37,38)39)6-21(5-13)33(22-7-15(27(40,41)42)2-16(8-22)28(43,44)45,23-9-17(29(46,47)48)3-18(10-23)30(49,50)51)24-11-19(31(52,53)54)4-20(12-24)32(55,56)57;1-11(16)13-4-2-3-12(9-13)10-15-7-5-14-6-8-15/h1-12H;2-9H,10H2,1H3/q-1;+1. The summed E-state index contributed by atoms with van der Waals surface area (Å²) in [5.41, 5.74) is -28.3. The lowest BCUT2D eigenvalue weighted by Gasteiger charge is -2.46. The van der Waals surface area contributed by atoms with Crippen LogP contribution in [0.1, 0.15) is 67.4 Å². The number of nitrogens with zero attached hydrogens (tertiary/aromatic N) is 2. The van der Waals surface area contributed by atoms with E-state index in [0.717, 1.165) is 17.7 Å². The van der Waals surface area contributed by atoms with E-state index < -0.39 is 195 Å². The number of ketones is 1. The number of carbonyl (C=O) groups excluding carboxylic acids is 1. The van der Waals surface area contributed by atoms with Crippen molar-refractivity contribution in [3.8, 4) is 0 Å². The second-order valence-electron chi connectivity index (χ2n) is 15.9. The van der Waals surface area contributed by atoms with E-state index in [2.05, 4.69) is 4.98 Å². The fourth-order valence-electron chi connectivity index (χ4n) is 7.62. The minimum Gasteiger partial charge on any atom is -0.295 e. The number of halogens is 24. The lowest BCUT2D eigenvalue weighted by atomic mass is 9.12. The molecule has 0 aliphatic rings. The molecule has 0 amide bonds. The van der Waals surface area contributed by atoms with Crippen LogP contribution in [0.3, 0.4) is 0 Å². The summed E-state index contributed by atoms with van der Waals surface area (Å²) in [6, 6.07) is -1.12. The predicted molar refractivity (Wildman–Crippen MR) is 210 cm³/mol. The Balaban J connectivity index is 0.000000520. The Bertz CT molecular complexity index is 2520. The van der Waals surface area contributed by atoms with Crippen LogP contribution in [0.15, 0.2) is 122 Å². The first kappa shape index (κ1) is 57.1. The van der Waals surface area contributed by atoms with Gasteiger partial charge >= 0.3 is 49.4 Å². The zero-order chi connectivity index (χ0) is 55.3. The van der Waals surface area contributed by atoms with Crippen molar-refractivity contribution in [2.75, 3.05) is 0 Å². The van der Waals surface area contributed by atoms with Crippen LogP contribution in [0, 0.1) is 0 Å². The normalized spacial score (nSPS) is 13.4. The number of benzene rings is 5. The molecule has 0 aliphatic carbocycles. The molecule has 0 saturated heterocycles. The molecular weight excluding hydrogens is 1050 g/mol. The lowest BCUT2D eigenvalue weighted by Crippen LogP contribution is -2.75. The van der Waals surface area contributed by atoms with E-state index in [0.29, 0.717) is 0 Å². The monoisotopic (exact) mass is 1080 g/mol. The maximum Gasteiger partial charge on any atom is 0.416 e. The Morgan fingerprint density at radius 3 is 0.863 bits per heavy atom. The summed E-state index contributed by atoms with van der Waals surface area (Å²) < 4.78 is 343. The van der Waals surface area contributed by atoms with Gasteiger partial charge in [-0.3, -0.25) is 9.78 Å². The van der Waals surface area contributed by atoms with Gasteiger partial charge in [-0.1, -0.05) is 66.7 Å². The van der Waals surface area contributed by atoms with E-state index in [1.165, 1.54) is 0 Å². The molecule has 0 unspecified atom stereocenters. The molecule has 0 atom stereocenters. The van der Waals surface area contributed by atoms with E-state index in [1.54, 1.807) is 19.3 Å². The van der Waals surface area contributed by atoms with Gasteiger partial charge in [-0.2, -0.15) is 132 Å². The van der Waals surface area contributed by atoms with Crippen molar-refractivity contribution in [2.45, 2.75) is 62.9 Å². The largest absolute Gasteiger partial charge is 0.416 e. The molecule has 0 radical (unpaired) electrons. The van der Waals surface area contributed by atoms with E-state index in [9.17, 15) is 110 Å². The van der Waals surface area contributed by atoms with Crippen molar-refractivity contribution in [1.29, 1.82) is 0 Å². The van der Waals surface area contributed by atoms with Crippen molar-refractivity contribution in [1.82, 2.24) is 4.98 Å². The average molecular weight is 1080 g/mol. The first-order chi connectivity index (χ1) is 33.0. The highest BCUT2D eigenvalue weighted by atomic mass is 19.4. The highest BCUT2D eigenvalue weighted by Crippen LogP contribution is 2.41. The van der Waals surface area contributed by atoms with Crippen LogP contribution in [0.25, 0.3) is 0 Å². The molecule has 0 bridgehead atoms. The van der Waals surface area contributed by atoms with E-state index in [1.807, 2.05) is 41.2 Å². The second-order valence-corrected chi connectivity index (χ2v) is 15.9. The van der Waals surface area contributed by atoms with Crippen LogP contribution in [-0.4, -0.2) is 16.9 Å². The molecule has 73 heavy (non-hydrogen) atoms. The molecule has 0 N–H and O–H groups in total. The predicted octanol–water partition coefficient (Wildman–Crippen LogP) is 12.8. The van der Waals surface area contributed by atoms with E-state index in [4.69, 9.17) is 0 Å². The minimum atomic E-state index is -6.13. The SMILES string of the molecule is CC(=O)c1cccc(C[n+]2ccncc2)c1.FC(F)(F)c1cc([B-](c2cc(C(F)(F)F)cc(C(F)(F)F)c2)(c2cc(C(F)(F)F)cc(C(F)(F)F)c2)c2cc(C(F)(F)F)cc(C(F)(F)F)c2)cc(C(F)(F)F)c1. The average Bonchev–Trinajstić information content (AvgIpc) is 3.24. The van der Waals surface area contributed by atoms with Gasteiger partial charge in [-0.25, -0.2) is 0 Å². The molecule has 28 heteroatoms. The number of rotatable bonds is 7. The second kappa shape index (κ2) is 19.6. The van der Waals surface area contributed by atoms with E-state index in [-0.39, 0.29) is 5.78 Å². The highest BCUT2D eigenvalue weighted by Gasteiger charge is 2.47. The molecule has 1 aromatic heterocycles. The van der Waals surface area contributed by atoms with Crippen molar-refractivity contribution in [2.24, 2.45) is 0 Å². The third-order valence-corrected chi connectivity index (χ3v) is 10.8. The Labute approximate surface area is 393 Å². The third kappa shape index (κ3) is 13.5. The summed E-state index contributed by atoms with van der Waals surface area (Å²) in [6.45, 7) is 2.34. The molecule has 1 heterocycles. The molecule has 0 spiro atoms. The number of Topliss-reactive ketones (excluding diaryl/α,β-unsaturated/α-hetero) is 1. The zero-order valence-corrected chi connectivity index (χ0v) is 35.7. The van der Waals surface area contributed by atoms with Crippen LogP contribution in [-0.2, 0) is 56.0 Å². The van der Waals surface area contributed by atoms with Crippen molar-refractivity contribution in [3.05, 3.63) is 177 Å². The summed E-state index contributed by atoms with van der Waals surface area (Å²) >= 11 is 0. The van der Waals surface area contributed by atoms with Crippen LogP contribution in [0.4, 0.5) is 105 Å². The molecule has 6 rings (SSSR count). The van der Waals surface area contributed by atoms with Gasteiger partial charge in [-0.15, -0.1) is 0 Å². The number of hydrogen-bond donors (Lipinski definition) is 0. The number of carbonyl (C=O) groups is 1. The quantitative estimate of drug-likeness (QED) is 0.0691. The molecule has 0 saturated carbocycles. The van der Waals surface area contributed by atoms with Crippen LogP contribution in [0.2, 0.25) is 0 Å². The van der Waals surface area contributed by atoms with Crippen molar-refractivity contribution < 1.29 is 115 Å². The Morgan fingerprint density at radius 1 is 0.397 bits per heavy atom. The molecule has 6 aromatic rings. The van der Waals surface area contributed by atoms with Gasteiger partial charge in [0.25, 0.3) is 0 Å². The number of alkyl halides is 24. The zero-order valence-electron chi connectivity index (χ0n) is 35.7. The van der Waals surface area contributed by atoms with Crippen molar-refractivity contribution in [3.63, 3.8) is 0 Å². The van der Waals surface area contributed by atoms with Crippen LogP contribution < -0.4 is 26.4 Å². The summed E-state index contributed by atoms with van der Waals surface area (Å²) in [5.74, 6) is 0.0987. The fraction of sp³-hybridized carbons (Fsp3) is 0.222. The third-order valence-electron chi connectivity index (χ3n) is 10.8. The lowest BCUT2D eigenvalue weighted by molar-refractivity contribution is -0.688. The van der Waals surface area contributed by atoms with Gasteiger partial charge < -0.3 is 0 Å². The van der Waals surface area contributed by atoms with Gasteiger partial charge in [0.1, 0.15) is 6.15 Å². The number of hydrogen-bond acceptors (Lipinski definition) is 2. The summed E-state index contributed by atoms with van der Waals surface area (Å²) in [7, 11) is 0. The molecule has 0 aliphatic heterocycles. The van der Waals surface area contributed by atoms with Crippen LogP contribution in [0.5, 0.6) is 0 Å².